The summed E-state index contributed by atoms with van der Waals surface area (Å²) in [5, 5.41) is 5.89. The van der Waals surface area contributed by atoms with Crippen LogP contribution in [0.1, 0.15) is 18.4 Å². The Morgan fingerprint density at radius 2 is 2.36 bits per heavy atom. The second kappa shape index (κ2) is 3.71. The van der Waals surface area contributed by atoms with Gasteiger partial charge in [0.05, 0.1) is 5.00 Å². The number of aryl methyl sites for hydroxylation is 1. The minimum Gasteiger partial charge on any atom is -0.328 e. The molecule has 76 valence electrons. The molecule has 0 atom stereocenters. The maximum Gasteiger partial charge on any atom is 0.228 e. The summed E-state index contributed by atoms with van der Waals surface area (Å²) in [7, 11) is 0. The van der Waals surface area contributed by atoms with Crippen LogP contribution in [0.4, 0.5) is 5.00 Å². The first-order chi connectivity index (χ1) is 6.66. The molecule has 1 heterocycles. The van der Waals surface area contributed by atoms with Crippen molar-refractivity contribution in [3.63, 3.8) is 0 Å². The lowest BCUT2D eigenvalue weighted by atomic mass is 9.80. The molecule has 3 nitrogen and oxygen atoms in total. The molecular formula is C10H14N2OS. The van der Waals surface area contributed by atoms with Crippen molar-refractivity contribution in [3.05, 3.63) is 17.0 Å². The van der Waals surface area contributed by atoms with Crippen LogP contribution in [-0.4, -0.2) is 11.9 Å². The van der Waals surface area contributed by atoms with Gasteiger partial charge in [-0.3, -0.25) is 4.79 Å². The van der Waals surface area contributed by atoms with Crippen molar-refractivity contribution >= 4 is 22.2 Å². The summed E-state index contributed by atoms with van der Waals surface area (Å²) >= 11 is 1.57. The third kappa shape index (κ3) is 1.81. The fraction of sp³-hybridized carbons (Fsp3) is 0.500. The molecule has 3 N–H and O–H groups in total. The smallest absolute Gasteiger partial charge is 0.228 e. The molecule has 2 rings (SSSR count). The van der Waals surface area contributed by atoms with Gasteiger partial charge in [0.25, 0.3) is 0 Å². The van der Waals surface area contributed by atoms with Gasteiger partial charge in [0, 0.05) is 12.0 Å². The average molecular weight is 210 g/mol. The van der Waals surface area contributed by atoms with E-state index in [1.807, 2.05) is 18.4 Å². The second-order valence-corrected chi connectivity index (χ2v) is 4.77. The van der Waals surface area contributed by atoms with Crippen molar-refractivity contribution in [2.45, 2.75) is 25.8 Å². The van der Waals surface area contributed by atoms with Crippen molar-refractivity contribution in [2.24, 2.45) is 11.7 Å². The highest BCUT2D eigenvalue weighted by Gasteiger charge is 2.32. The first-order valence-electron chi connectivity index (χ1n) is 4.77. The topological polar surface area (TPSA) is 55.1 Å². The summed E-state index contributed by atoms with van der Waals surface area (Å²) in [6, 6.07) is 2.24. The summed E-state index contributed by atoms with van der Waals surface area (Å²) in [5.74, 6) is 0.253. The molecule has 0 aliphatic heterocycles. The Balaban J connectivity index is 1.92. The quantitative estimate of drug-likeness (QED) is 0.781. The Morgan fingerprint density at radius 1 is 1.64 bits per heavy atom. The molecule has 1 aliphatic carbocycles. The van der Waals surface area contributed by atoms with Crippen LogP contribution in [-0.2, 0) is 4.79 Å². The molecule has 1 saturated carbocycles. The van der Waals surface area contributed by atoms with Crippen molar-refractivity contribution in [3.8, 4) is 0 Å². The van der Waals surface area contributed by atoms with Gasteiger partial charge in [-0.1, -0.05) is 0 Å². The van der Waals surface area contributed by atoms with Crippen LogP contribution in [0.2, 0.25) is 0 Å². The van der Waals surface area contributed by atoms with Gasteiger partial charge in [0.15, 0.2) is 0 Å². The third-order valence-electron chi connectivity index (χ3n) is 2.64. The predicted molar refractivity (Wildman–Crippen MR) is 58.4 cm³/mol. The first-order valence-corrected chi connectivity index (χ1v) is 5.65. The van der Waals surface area contributed by atoms with E-state index in [1.165, 1.54) is 0 Å². The van der Waals surface area contributed by atoms with E-state index in [1.54, 1.807) is 11.3 Å². The number of thiophene rings is 1. The maximum atomic E-state index is 11.6. The number of anilines is 1. The fourth-order valence-corrected chi connectivity index (χ4v) is 2.41. The maximum absolute atomic E-state index is 11.6. The summed E-state index contributed by atoms with van der Waals surface area (Å²) in [4.78, 5) is 11.6. The number of hydrogen-bond donors (Lipinski definition) is 2. The SMILES string of the molecule is Cc1ccsc1NC(=O)C1CC(N)C1. The molecular weight excluding hydrogens is 196 g/mol. The molecule has 1 aromatic heterocycles. The summed E-state index contributed by atoms with van der Waals surface area (Å²) < 4.78 is 0. The van der Waals surface area contributed by atoms with E-state index in [0.29, 0.717) is 0 Å². The van der Waals surface area contributed by atoms with Crippen LogP contribution in [0.5, 0.6) is 0 Å². The molecule has 4 heteroatoms. The molecule has 0 spiro atoms. The van der Waals surface area contributed by atoms with E-state index in [-0.39, 0.29) is 17.9 Å². The zero-order valence-corrected chi connectivity index (χ0v) is 8.93. The Kier molecular flexibility index (Phi) is 2.56. The van der Waals surface area contributed by atoms with E-state index in [0.717, 1.165) is 23.4 Å². The third-order valence-corrected chi connectivity index (χ3v) is 3.58. The van der Waals surface area contributed by atoms with Gasteiger partial charge in [0.1, 0.15) is 0 Å². The highest BCUT2D eigenvalue weighted by atomic mass is 32.1. The summed E-state index contributed by atoms with van der Waals surface area (Å²) in [5.41, 5.74) is 6.76. The Labute approximate surface area is 87.3 Å². The second-order valence-electron chi connectivity index (χ2n) is 3.85. The molecule has 0 aromatic carbocycles. The molecule has 0 radical (unpaired) electrons. The van der Waals surface area contributed by atoms with Crippen molar-refractivity contribution < 1.29 is 4.79 Å². The van der Waals surface area contributed by atoms with E-state index < -0.39 is 0 Å². The van der Waals surface area contributed by atoms with E-state index in [9.17, 15) is 4.79 Å². The number of nitrogens with one attached hydrogen (secondary N) is 1. The Bertz CT molecular complexity index is 342. The fourth-order valence-electron chi connectivity index (χ4n) is 1.59. The normalized spacial score (nSPS) is 25.6. The lowest BCUT2D eigenvalue weighted by molar-refractivity contribution is -0.122. The lowest BCUT2D eigenvalue weighted by Gasteiger charge is -2.30. The first kappa shape index (κ1) is 9.68. The molecule has 0 saturated heterocycles. The molecule has 1 fully saturated rings. The number of nitrogens with two attached hydrogens (primary N) is 1. The Hall–Kier alpha value is -0.870. The van der Waals surface area contributed by atoms with Crippen LogP contribution in [0.15, 0.2) is 11.4 Å². The molecule has 1 aromatic rings. The number of carbonyl (C=O) groups is 1. The van der Waals surface area contributed by atoms with E-state index in [4.69, 9.17) is 5.73 Å². The summed E-state index contributed by atoms with van der Waals surface area (Å²) in [6.45, 7) is 2.00. The van der Waals surface area contributed by atoms with E-state index in [2.05, 4.69) is 5.32 Å². The number of carbonyl (C=O) groups excluding carboxylic acids is 1. The Morgan fingerprint density at radius 3 is 2.86 bits per heavy atom. The molecule has 0 unspecified atom stereocenters. The van der Waals surface area contributed by atoms with Crippen LogP contribution in [0.25, 0.3) is 0 Å². The number of hydrogen-bond acceptors (Lipinski definition) is 3. The molecule has 14 heavy (non-hydrogen) atoms. The summed E-state index contributed by atoms with van der Waals surface area (Å²) in [6.07, 6.45) is 1.66. The zero-order chi connectivity index (χ0) is 10.1. The average Bonchev–Trinajstić information content (AvgIpc) is 2.46. The highest BCUT2D eigenvalue weighted by Crippen LogP contribution is 2.29. The van der Waals surface area contributed by atoms with Crippen LogP contribution >= 0.6 is 11.3 Å². The number of amides is 1. The van der Waals surface area contributed by atoms with Gasteiger partial charge in [0.2, 0.25) is 5.91 Å². The van der Waals surface area contributed by atoms with Crippen LogP contribution in [0, 0.1) is 12.8 Å². The van der Waals surface area contributed by atoms with Gasteiger partial charge < -0.3 is 11.1 Å². The van der Waals surface area contributed by atoms with Gasteiger partial charge >= 0.3 is 0 Å². The van der Waals surface area contributed by atoms with Gasteiger partial charge in [-0.2, -0.15) is 0 Å². The van der Waals surface area contributed by atoms with E-state index >= 15 is 0 Å². The monoisotopic (exact) mass is 210 g/mol. The molecule has 0 bridgehead atoms. The van der Waals surface area contributed by atoms with Crippen LogP contribution in [0.3, 0.4) is 0 Å². The van der Waals surface area contributed by atoms with Gasteiger partial charge in [-0.05, 0) is 36.8 Å². The minimum absolute atomic E-state index is 0.122. The number of rotatable bonds is 2. The van der Waals surface area contributed by atoms with Crippen molar-refractivity contribution in [2.75, 3.05) is 5.32 Å². The zero-order valence-electron chi connectivity index (χ0n) is 8.12. The van der Waals surface area contributed by atoms with Crippen molar-refractivity contribution in [1.29, 1.82) is 0 Å². The predicted octanol–water partition coefficient (Wildman–Crippen LogP) is 1.73. The van der Waals surface area contributed by atoms with Gasteiger partial charge in [-0.15, -0.1) is 11.3 Å². The van der Waals surface area contributed by atoms with Gasteiger partial charge in [-0.25, -0.2) is 0 Å². The van der Waals surface area contributed by atoms with Crippen molar-refractivity contribution in [1.82, 2.24) is 0 Å². The largest absolute Gasteiger partial charge is 0.328 e. The molecule has 1 aliphatic rings. The highest BCUT2D eigenvalue weighted by molar-refractivity contribution is 7.14. The molecule has 1 amide bonds. The van der Waals surface area contributed by atoms with Crippen LogP contribution < -0.4 is 11.1 Å². The lowest BCUT2D eigenvalue weighted by Crippen LogP contribution is -2.42. The standard InChI is InChI=1S/C10H14N2OS/c1-6-2-3-14-10(6)12-9(13)7-4-8(11)5-7/h2-3,7-8H,4-5,11H2,1H3,(H,12,13). The minimum atomic E-state index is 0.122.